The maximum Gasteiger partial charge on any atom is 0.252 e. The predicted molar refractivity (Wildman–Crippen MR) is 129 cm³/mol. The normalized spacial score (nSPS) is 13.8. The van der Waals surface area contributed by atoms with Gasteiger partial charge in [-0.05, 0) is 35.9 Å². The van der Waals surface area contributed by atoms with Crippen molar-refractivity contribution in [2.24, 2.45) is 15.7 Å². The molecule has 1 amide bonds. The summed E-state index contributed by atoms with van der Waals surface area (Å²) >= 11 is 0. The summed E-state index contributed by atoms with van der Waals surface area (Å²) in [6, 6.07) is 13.9. The van der Waals surface area contributed by atoms with Crippen LogP contribution in [0.2, 0.25) is 0 Å². The molecule has 0 saturated carbocycles. The van der Waals surface area contributed by atoms with Crippen LogP contribution in [0.4, 0.5) is 11.4 Å². The van der Waals surface area contributed by atoms with E-state index in [0.29, 0.717) is 18.7 Å². The van der Waals surface area contributed by atoms with Gasteiger partial charge in [0.05, 0.1) is 24.5 Å². The second-order valence-corrected chi connectivity index (χ2v) is 7.29. The SMILES string of the molecule is CNC(=O)c1c2cccc(NC(C)=NCCN)c2cc2c(NC3=NCCN3)cccc12. The molecule has 8 heteroatoms. The van der Waals surface area contributed by atoms with Gasteiger partial charge in [-0.25, -0.2) is 0 Å². The van der Waals surface area contributed by atoms with Gasteiger partial charge in [-0.2, -0.15) is 0 Å². The summed E-state index contributed by atoms with van der Waals surface area (Å²) in [5.41, 5.74) is 7.99. The third-order valence-corrected chi connectivity index (χ3v) is 5.21. The highest BCUT2D eigenvalue weighted by Gasteiger charge is 2.18. The van der Waals surface area contributed by atoms with Crippen molar-refractivity contribution in [1.29, 1.82) is 0 Å². The van der Waals surface area contributed by atoms with Crippen LogP contribution in [-0.2, 0) is 0 Å². The quantitative estimate of drug-likeness (QED) is 0.249. The number of carbonyl (C=O) groups is 1. The molecule has 31 heavy (non-hydrogen) atoms. The van der Waals surface area contributed by atoms with Crippen molar-refractivity contribution in [3.05, 3.63) is 48.0 Å². The van der Waals surface area contributed by atoms with Crippen LogP contribution in [0.15, 0.2) is 52.4 Å². The number of nitrogens with two attached hydrogens (primary N) is 1. The molecule has 1 aliphatic heterocycles. The molecule has 160 valence electrons. The Balaban J connectivity index is 1.94. The smallest absolute Gasteiger partial charge is 0.252 e. The lowest BCUT2D eigenvalue weighted by Gasteiger charge is -2.17. The number of amides is 1. The van der Waals surface area contributed by atoms with E-state index in [-0.39, 0.29) is 5.91 Å². The summed E-state index contributed by atoms with van der Waals surface area (Å²) in [5, 5.41) is 16.4. The van der Waals surface area contributed by atoms with Crippen molar-refractivity contribution >= 4 is 50.6 Å². The fourth-order valence-electron chi connectivity index (χ4n) is 3.83. The molecule has 0 atom stereocenters. The van der Waals surface area contributed by atoms with Crippen LogP contribution < -0.4 is 27.0 Å². The first-order chi connectivity index (χ1) is 15.1. The molecule has 0 aliphatic carbocycles. The minimum Gasteiger partial charge on any atom is -0.355 e. The van der Waals surface area contributed by atoms with Gasteiger partial charge in [0, 0.05) is 42.3 Å². The van der Waals surface area contributed by atoms with E-state index < -0.39 is 0 Å². The van der Waals surface area contributed by atoms with Crippen LogP contribution >= 0.6 is 0 Å². The number of aliphatic imine (C=N–C) groups is 2. The first-order valence-corrected chi connectivity index (χ1v) is 10.4. The maximum absolute atomic E-state index is 12.9. The van der Waals surface area contributed by atoms with Crippen LogP contribution in [0.1, 0.15) is 17.3 Å². The number of hydrogen-bond donors (Lipinski definition) is 5. The first-order valence-electron chi connectivity index (χ1n) is 10.4. The standard InChI is InChI=1S/C23H27N7O/c1-14(26-10-9-24)29-19-7-3-5-15-17(19)13-18-16(21(15)22(31)25-2)6-4-8-20(18)30-23-27-11-12-28-23/h3-8,13H,9-12,24H2,1-2H3,(H,25,31)(H,26,29)(H2,27,28,30). The predicted octanol–water partition coefficient (Wildman–Crippen LogP) is 2.51. The molecule has 6 N–H and O–H groups in total. The molecular formula is C23H27N7O. The Morgan fingerprint density at radius 3 is 2.48 bits per heavy atom. The number of amidine groups is 1. The fraction of sp³-hybridized carbons (Fsp3) is 0.261. The van der Waals surface area contributed by atoms with Gasteiger partial charge in [0.25, 0.3) is 5.91 Å². The third-order valence-electron chi connectivity index (χ3n) is 5.21. The van der Waals surface area contributed by atoms with Gasteiger partial charge < -0.3 is 27.0 Å². The highest BCUT2D eigenvalue weighted by atomic mass is 16.1. The van der Waals surface area contributed by atoms with Gasteiger partial charge in [0.15, 0.2) is 5.96 Å². The lowest BCUT2D eigenvalue weighted by molar-refractivity contribution is 0.0966. The third kappa shape index (κ3) is 4.15. The van der Waals surface area contributed by atoms with E-state index in [9.17, 15) is 4.79 Å². The number of nitrogens with zero attached hydrogens (tertiary/aromatic N) is 2. The Kier molecular flexibility index (Phi) is 5.99. The molecule has 0 fully saturated rings. The molecule has 1 heterocycles. The van der Waals surface area contributed by atoms with E-state index in [0.717, 1.165) is 57.8 Å². The maximum atomic E-state index is 12.9. The largest absolute Gasteiger partial charge is 0.355 e. The van der Waals surface area contributed by atoms with Gasteiger partial charge in [0.1, 0.15) is 0 Å². The summed E-state index contributed by atoms with van der Waals surface area (Å²) in [6.45, 7) is 4.52. The zero-order chi connectivity index (χ0) is 21.8. The molecule has 8 nitrogen and oxygen atoms in total. The van der Waals surface area contributed by atoms with Crippen LogP contribution in [0.25, 0.3) is 21.5 Å². The number of carbonyl (C=O) groups excluding carboxylic acids is 1. The molecule has 0 unspecified atom stereocenters. The van der Waals surface area contributed by atoms with Crippen LogP contribution in [0, 0.1) is 0 Å². The summed E-state index contributed by atoms with van der Waals surface area (Å²) in [5.74, 6) is 1.38. The van der Waals surface area contributed by atoms with Gasteiger partial charge in [-0.3, -0.25) is 14.8 Å². The van der Waals surface area contributed by atoms with Crippen molar-refractivity contribution in [2.45, 2.75) is 6.92 Å². The van der Waals surface area contributed by atoms with E-state index in [4.69, 9.17) is 5.73 Å². The van der Waals surface area contributed by atoms with E-state index in [2.05, 4.69) is 37.3 Å². The monoisotopic (exact) mass is 417 g/mol. The molecule has 3 aromatic carbocycles. The summed E-state index contributed by atoms with van der Waals surface area (Å²) in [4.78, 5) is 21.8. The molecule has 0 spiro atoms. The van der Waals surface area contributed by atoms with Crippen LogP contribution in [0.5, 0.6) is 0 Å². The van der Waals surface area contributed by atoms with Crippen molar-refractivity contribution in [2.75, 3.05) is 43.9 Å². The Hall–Kier alpha value is -3.65. The summed E-state index contributed by atoms with van der Waals surface area (Å²) in [6.07, 6.45) is 0. The van der Waals surface area contributed by atoms with E-state index >= 15 is 0 Å². The highest BCUT2D eigenvalue weighted by Crippen LogP contribution is 2.36. The number of anilines is 2. The zero-order valence-corrected chi connectivity index (χ0v) is 17.7. The van der Waals surface area contributed by atoms with E-state index in [1.807, 2.05) is 43.3 Å². The zero-order valence-electron chi connectivity index (χ0n) is 17.7. The average Bonchev–Trinajstić information content (AvgIpc) is 3.29. The topological polar surface area (TPSA) is 116 Å². The lowest BCUT2D eigenvalue weighted by Crippen LogP contribution is -2.26. The van der Waals surface area contributed by atoms with Crippen LogP contribution in [0.3, 0.4) is 0 Å². The second kappa shape index (κ2) is 9.01. The highest BCUT2D eigenvalue weighted by molar-refractivity contribution is 6.23. The molecule has 4 rings (SSSR count). The van der Waals surface area contributed by atoms with Crippen molar-refractivity contribution < 1.29 is 4.79 Å². The van der Waals surface area contributed by atoms with Crippen molar-refractivity contribution in [3.63, 3.8) is 0 Å². The van der Waals surface area contributed by atoms with Gasteiger partial charge in [0.2, 0.25) is 0 Å². The molecular weight excluding hydrogens is 390 g/mol. The average molecular weight is 418 g/mol. The minimum atomic E-state index is -0.130. The summed E-state index contributed by atoms with van der Waals surface area (Å²) in [7, 11) is 1.65. The molecule has 0 saturated heterocycles. The summed E-state index contributed by atoms with van der Waals surface area (Å²) < 4.78 is 0. The Morgan fingerprint density at radius 1 is 1.13 bits per heavy atom. The first kappa shape index (κ1) is 20.6. The van der Waals surface area contributed by atoms with Gasteiger partial charge in [-0.1, -0.05) is 24.3 Å². The Bertz CT molecular complexity index is 1200. The van der Waals surface area contributed by atoms with Gasteiger partial charge >= 0.3 is 0 Å². The fourth-order valence-corrected chi connectivity index (χ4v) is 3.83. The van der Waals surface area contributed by atoms with Gasteiger partial charge in [-0.15, -0.1) is 0 Å². The number of fused-ring (bicyclic) bond motifs is 2. The molecule has 3 aromatic rings. The molecule has 0 radical (unpaired) electrons. The van der Waals surface area contributed by atoms with E-state index in [1.54, 1.807) is 7.05 Å². The number of nitrogens with one attached hydrogen (secondary N) is 4. The lowest BCUT2D eigenvalue weighted by atomic mass is 9.94. The van der Waals surface area contributed by atoms with Crippen LogP contribution in [-0.4, -0.2) is 50.9 Å². The number of hydrogen-bond acceptors (Lipinski definition) is 6. The molecule has 0 bridgehead atoms. The van der Waals surface area contributed by atoms with E-state index in [1.165, 1.54) is 0 Å². The second-order valence-electron chi connectivity index (χ2n) is 7.29. The Labute approximate surface area is 181 Å². The minimum absolute atomic E-state index is 0.130. The Morgan fingerprint density at radius 2 is 1.84 bits per heavy atom. The molecule has 1 aliphatic rings. The van der Waals surface area contributed by atoms with Crippen molar-refractivity contribution in [1.82, 2.24) is 10.6 Å². The number of benzene rings is 3. The van der Waals surface area contributed by atoms with Crippen molar-refractivity contribution in [3.8, 4) is 0 Å². The molecule has 0 aromatic heterocycles. The number of rotatable bonds is 5. The number of guanidine groups is 1.